The number of aromatic nitrogens is 2. The summed E-state index contributed by atoms with van der Waals surface area (Å²) in [4.78, 5) is 21.4. The lowest BCUT2D eigenvalue weighted by Crippen LogP contribution is -2.22. The Morgan fingerprint density at radius 3 is 2.95 bits per heavy atom. The first-order valence-corrected chi connectivity index (χ1v) is 5.62. The van der Waals surface area contributed by atoms with Gasteiger partial charge in [0.15, 0.2) is 0 Å². The van der Waals surface area contributed by atoms with Gasteiger partial charge in [0.25, 0.3) is 0 Å². The van der Waals surface area contributed by atoms with Crippen molar-refractivity contribution in [2.45, 2.75) is 6.42 Å². The number of carbonyl (C=O) groups excluding carboxylic acids is 1. The molecule has 0 fully saturated rings. The van der Waals surface area contributed by atoms with Crippen LogP contribution in [0.1, 0.15) is 11.3 Å². The van der Waals surface area contributed by atoms with E-state index in [-0.39, 0.29) is 18.0 Å². The van der Waals surface area contributed by atoms with E-state index in [4.69, 9.17) is 11.0 Å². The average molecular weight is 251 g/mol. The second-order valence-corrected chi connectivity index (χ2v) is 4.17. The molecule has 1 aliphatic rings. The SMILES string of the molecule is N#Cc1cc(N2C(=O)Cc3cc(N)ccc32)ncn1. The fraction of sp³-hybridized carbons (Fsp3) is 0.0769. The lowest BCUT2D eigenvalue weighted by molar-refractivity contribution is -0.116. The van der Waals surface area contributed by atoms with Gasteiger partial charge >= 0.3 is 0 Å². The highest BCUT2D eigenvalue weighted by atomic mass is 16.2. The molecule has 92 valence electrons. The number of anilines is 3. The number of rotatable bonds is 1. The molecule has 19 heavy (non-hydrogen) atoms. The maximum Gasteiger partial charge on any atom is 0.237 e. The Balaban J connectivity index is 2.11. The molecule has 6 nitrogen and oxygen atoms in total. The van der Waals surface area contributed by atoms with Crippen molar-refractivity contribution in [3.05, 3.63) is 41.9 Å². The van der Waals surface area contributed by atoms with Crippen molar-refractivity contribution >= 4 is 23.1 Å². The van der Waals surface area contributed by atoms with Crippen molar-refractivity contribution < 1.29 is 4.79 Å². The molecule has 0 unspecified atom stereocenters. The Morgan fingerprint density at radius 2 is 2.16 bits per heavy atom. The van der Waals surface area contributed by atoms with Crippen molar-refractivity contribution in [2.24, 2.45) is 0 Å². The zero-order chi connectivity index (χ0) is 13.4. The summed E-state index contributed by atoms with van der Waals surface area (Å²) in [6.07, 6.45) is 1.56. The highest BCUT2D eigenvalue weighted by Crippen LogP contribution is 2.35. The predicted molar refractivity (Wildman–Crippen MR) is 68.5 cm³/mol. The molecule has 0 saturated carbocycles. The second kappa shape index (κ2) is 4.07. The summed E-state index contributed by atoms with van der Waals surface area (Å²) in [5.74, 6) is 0.309. The number of hydrogen-bond donors (Lipinski definition) is 1. The van der Waals surface area contributed by atoms with Crippen molar-refractivity contribution in [3.63, 3.8) is 0 Å². The third-order valence-electron chi connectivity index (χ3n) is 2.93. The number of benzene rings is 1. The van der Waals surface area contributed by atoms with Gasteiger partial charge in [-0.15, -0.1) is 0 Å². The Hall–Kier alpha value is -2.94. The standard InChI is InChI=1S/C13H9N5O/c14-6-10-5-12(17-7-16-10)18-11-2-1-9(15)3-8(11)4-13(18)19/h1-3,5,7H,4,15H2. The van der Waals surface area contributed by atoms with E-state index in [1.807, 2.05) is 6.07 Å². The first-order valence-electron chi connectivity index (χ1n) is 5.62. The van der Waals surface area contributed by atoms with Crippen molar-refractivity contribution in [1.82, 2.24) is 9.97 Å². The summed E-state index contributed by atoms with van der Waals surface area (Å²) in [6, 6.07) is 8.71. The van der Waals surface area contributed by atoms with E-state index in [2.05, 4.69) is 9.97 Å². The maximum absolute atomic E-state index is 12.1. The number of nitrogens with zero attached hydrogens (tertiary/aromatic N) is 4. The van der Waals surface area contributed by atoms with Gasteiger partial charge < -0.3 is 5.73 Å². The van der Waals surface area contributed by atoms with E-state index in [1.54, 1.807) is 18.2 Å². The first kappa shape index (κ1) is 11.2. The van der Waals surface area contributed by atoms with E-state index in [0.717, 1.165) is 11.3 Å². The maximum atomic E-state index is 12.1. The summed E-state index contributed by atoms with van der Waals surface area (Å²) in [5.41, 5.74) is 8.17. The lowest BCUT2D eigenvalue weighted by Gasteiger charge is -2.16. The first-order chi connectivity index (χ1) is 9.19. The highest BCUT2D eigenvalue weighted by Gasteiger charge is 2.29. The third-order valence-corrected chi connectivity index (χ3v) is 2.93. The Kier molecular flexibility index (Phi) is 2.39. The number of nitrogens with two attached hydrogens (primary N) is 1. The zero-order valence-corrected chi connectivity index (χ0v) is 9.87. The van der Waals surface area contributed by atoms with Crippen LogP contribution in [0.15, 0.2) is 30.6 Å². The fourth-order valence-electron chi connectivity index (χ4n) is 2.12. The minimum atomic E-state index is -0.0943. The molecule has 0 radical (unpaired) electrons. The number of hydrogen-bond acceptors (Lipinski definition) is 5. The normalized spacial score (nSPS) is 13.2. The van der Waals surface area contributed by atoms with Crippen LogP contribution in [0.2, 0.25) is 0 Å². The van der Waals surface area contributed by atoms with Gasteiger partial charge in [0.1, 0.15) is 23.9 Å². The summed E-state index contributed by atoms with van der Waals surface area (Å²) < 4.78 is 0. The lowest BCUT2D eigenvalue weighted by atomic mass is 10.1. The van der Waals surface area contributed by atoms with Crippen LogP contribution >= 0.6 is 0 Å². The van der Waals surface area contributed by atoms with Gasteiger partial charge in [0.2, 0.25) is 5.91 Å². The smallest absolute Gasteiger partial charge is 0.237 e. The average Bonchev–Trinajstić information content (AvgIpc) is 2.73. The molecule has 6 heteroatoms. The summed E-state index contributed by atoms with van der Waals surface area (Å²) in [6.45, 7) is 0. The molecule has 1 aliphatic heterocycles. The molecule has 1 amide bonds. The molecular weight excluding hydrogens is 242 g/mol. The van der Waals surface area contributed by atoms with Crippen LogP contribution < -0.4 is 10.6 Å². The van der Waals surface area contributed by atoms with Gasteiger partial charge in [-0.05, 0) is 23.8 Å². The van der Waals surface area contributed by atoms with E-state index >= 15 is 0 Å². The summed E-state index contributed by atoms with van der Waals surface area (Å²) in [7, 11) is 0. The molecule has 2 heterocycles. The van der Waals surface area contributed by atoms with Gasteiger partial charge in [0.05, 0.1) is 12.1 Å². The van der Waals surface area contributed by atoms with E-state index < -0.39 is 0 Å². The Bertz CT molecular complexity index is 719. The van der Waals surface area contributed by atoms with Crippen molar-refractivity contribution in [2.75, 3.05) is 10.6 Å². The molecule has 1 aromatic carbocycles. The molecule has 2 N–H and O–H groups in total. The third kappa shape index (κ3) is 1.77. The topological polar surface area (TPSA) is 95.9 Å². The monoisotopic (exact) mass is 251 g/mol. The van der Waals surface area contributed by atoms with Gasteiger partial charge in [-0.3, -0.25) is 9.69 Å². The van der Waals surface area contributed by atoms with Gasteiger partial charge in [0, 0.05) is 11.8 Å². The van der Waals surface area contributed by atoms with Crippen LogP contribution in [-0.4, -0.2) is 15.9 Å². The molecule has 3 rings (SSSR count). The number of nitriles is 1. The summed E-state index contributed by atoms with van der Waals surface area (Å²) >= 11 is 0. The van der Waals surface area contributed by atoms with Crippen LogP contribution in [0.3, 0.4) is 0 Å². The Morgan fingerprint density at radius 1 is 1.32 bits per heavy atom. The molecule has 1 aromatic heterocycles. The van der Waals surface area contributed by atoms with E-state index in [0.29, 0.717) is 11.5 Å². The molecule has 0 saturated heterocycles. The zero-order valence-electron chi connectivity index (χ0n) is 9.87. The minimum absolute atomic E-state index is 0.0943. The van der Waals surface area contributed by atoms with Crippen LogP contribution in [0, 0.1) is 11.3 Å². The quantitative estimate of drug-likeness (QED) is 0.767. The van der Waals surface area contributed by atoms with Crippen LogP contribution in [0.25, 0.3) is 0 Å². The Labute approximate surface area is 109 Å². The molecule has 0 spiro atoms. The number of fused-ring (bicyclic) bond motifs is 1. The van der Waals surface area contributed by atoms with E-state index in [9.17, 15) is 4.79 Å². The van der Waals surface area contributed by atoms with Gasteiger partial charge in [-0.1, -0.05) is 0 Å². The molecule has 0 aliphatic carbocycles. The molecule has 0 atom stereocenters. The van der Waals surface area contributed by atoms with Crippen LogP contribution in [-0.2, 0) is 11.2 Å². The predicted octanol–water partition coefficient (Wildman–Crippen LogP) is 1.15. The second-order valence-electron chi connectivity index (χ2n) is 4.17. The van der Waals surface area contributed by atoms with Gasteiger partial charge in [-0.25, -0.2) is 9.97 Å². The number of amides is 1. The molecular formula is C13H9N5O. The minimum Gasteiger partial charge on any atom is -0.399 e. The number of nitrogen functional groups attached to an aromatic ring is 1. The van der Waals surface area contributed by atoms with Crippen molar-refractivity contribution in [1.29, 1.82) is 5.26 Å². The summed E-state index contributed by atoms with van der Waals surface area (Å²) in [5, 5.41) is 8.84. The van der Waals surface area contributed by atoms with E-state index in [1.165, 1.54) is 17.3 Å². The molecule has 0 bridgehead atoms. The van der Waals surface area contributed by atoms with Crippen LogP contribution in [0.4, 0.5) is 17.2 Å². The van der Waals surface area contributed by atoms with Crippen LogP contribution in [0.5, 0.6) is 0 Å². The fourth-order valence-corrected chi connectivity index (χ4v) is 2.12. The van der Waals surface area contributed by atoms with Crippen molar-refractivity contribution in [3.8, 4) is 6.07 Å². The number of carbonyl (C=O) groups is 1. The van der Waals surface area contributed by atoms with Gasteiger partial charge in [-0.2, -0.15) is 5.26 Å². The highest BCUT2D eigenvalue weighted by molar-refractivity contribution is 6.06. The largest absolute Gasteiger partial charge is 0.399 e. The molecule has 2 aromatic rings.